The van der Waals surface area contributed by atoms with E-state index in [1.54, 1.807) is 0 Å². The summed E-state index contributed by atoms with van der Waals surface area (Å²) in [5.74, 6) is -3.54. The van der Waals surface area contributed by atoms with Gasteiger partial charge in [-0.2, -0.15) is 0 Å². The third-order valence-electron chi connectivity index (χ3n) is 12.3. The molecule has 0 aliphatic carbocycles. The number of unbranched alkanes of at least 4 members (excludes halogenated alkanes) is 18. The van der Waals surface area contributed by atoms with Crippen molar-refractivity contribution in [2.75, 3.05) is 7.11 Å². The molecule has 0 aromatic carbocycles. The first kappa shape index (κ1) is 52.5. The third kappa shape index (κ3) is 16.7. The van der Waals surface area contributed by atoms with Crippen LogP contribution in [0.25, 0.3) is 0 Å². The molecule has 4 rings (SSSR count). The van der Waals surface area contributed by atoms with Gasteiger partial charge in [0.05, 0.1) is 0 Å². The fourth-order valence-electron chi connectivity index (χ4n) is 8.59. The van der Waals surface area contributed by atoms with Gasteiger partial charge in [0, 0.05) is 31.8 Å². The SMILES string of the molecule is CCCCCCCCCCCCCCCCCCCCCC(=O)O[C@@H]1[C@H](OC)[C@@H]([C@@H](O[C@H]2OC(C(=O)N[C@H]3CCC[C@@H](C)NC3=O)=C[C@H](O)[C@@H]2O)C(N)=O)O[C@H]1n1ccc(=O)[nH]c1=O. The number of methoxy groups -OCH3 is 1. The summed E-state index contributed by atoms with van der Waals surface area (Å²) in [6.45, 7) is 4.10. The first-order chi connectivity index (χ1) is 30.8. The molecule has 1 aromatic heterocycles. The lowest BCUT2D eigenvalue weighted by molar-refractivity contribution is -0.241. The van der Waals surface area contributed by atoms with E-state index in [4.69, 9.17) is 29.4 Å². The molecule has 3 amide bonds. The number of rotatable bonds is 29. The Labute approximate surface area is 376 Å². The summed E-state index contributed by atoms with van der Waals surface area (Å²) < 4.78 is 30.1. The molecule has 2 fully saturated rings. The number of ether oxygens (including phenoxy) is 5. The smallest absolute Gasteiger partial charge is 0.330 e. The lowest BCUT2D eigenvalue weighted by atomic mass is 10.0. The van der Waals surface area contributed by atoms with Crippen molar-refractivity contribution in [3.05, 3.63) is 44.9 Å². The molecule has 2 saturated heterocycles. The van der Waals surface area contributed by atoms with Crippen LogP contribution in [0.2, 0.25) is 0 Å². The van der Waals surface area contributed by atoms with Crippen molar-refractivity contribution in [1.29, 1.82) is 0 Å². The van der Waals surface area contributed by atoms with Gasteiger partial charge < -0.3 is 50.3 Å². The first-order valence-electron chi connectivity index (χ1n) is 23.8. The van der Waals surface area contributed by atoms with Crippen LogP contribution in [0, 0.1) is 0 Å². The van der Waals surface area contributed by atoms with E-state index in [1.165, 1.54) is 97.0 Å². The molecule has 362 valence electrons. The van der Waals surface area contributed by atoms with Gasteiger partial charge in [-0.1, -0.05) is 122 Å². The van der Waals surface area contributed by atoms with Crippen LogP contribution in [0.5, 0.6) is 0 Å². The number of aromatic nitrogens is 2. The van der Waals surface area contributed by atoms with Gasteiger partial charge in [-0.3, -0.25) is 33.5 Å². The van der Waals surface area contributed by atoms with Crippen molar-refractivity contribution in [2.45, 2.75) is 223 Å². The zero-order chi connectivity index (χ0) is 46.4. The highest BCUT2D eigenvalue weighted by molar-refractivity contribution is 5.95. The van der Waals surface area contributed by atoms with Gasteiger partial charge in [0.25, 0.3) is 11.5 Å². The van der Waals surface area contributed by atoms with Crippen LogP contribution >= 0.6 is 0 Å². The Balaban J connectivity index is 1.28. The van der Waals surface area contributed by atoms with Crippen molar-refractivity contribution in [1.82, 2.24) is 20.2 Å². The van der Waals surface area contributed by atoms with Crippen LogP contribution in [0.4, 0.5) is 0 Å². The predicted molar refractivity (Wildman–Crippen MR) is 236 cm³/mol. The molecule has 0 unspecified atom stereocenters. The van der Waals surface area contributed by atoms with Crippen LogP contribution in [-0.2, 0) is 42.9 Å². The highest BCUT2D eigenvalue weighted by Gasteiger charge is 2.55. The summed E-state index contributed by atoms with van der Waals surface area (Å²) >= 11 is 0. The molecule has 0 spiro atoms. The maximum Gasteiger partial charge on any atom is 0.330 e. The zero-order valence-electron chi connectivity index (χ0n) is 38.2. The average molecular weight is 906 g/mol. The Bertz CT molecular complexity index is 1750. The predicted octanol–water partition coefficient (Wildman–Crippen LogP) is 4.19. The second-order valence-corrected chi connectivity index (χ2v) is 17.6. The largest absolute Gasteiger partial charge is 0.456 e. The van der Waals surface area contributed by atoms with Crippen molar-refractivity contribution in [2.24, 2.45) is 5.73 Å². The third-order valence-corrected chi connectivity index (χ3v) is 12.3. The van der Waals surface area contributed by atoms with Crippen LogP contribution < -0.4 is 27.6 Å². The minimum Gasteiger partial charge on any atom is -0.456 e. The monoisotopic (exact) mass is 906 g/mol. The van der Waals surface area contributed by atoms with E-state index < -0.39 is 95.9 Å². The Morgan fingerprint density at radius 2 is 1.45 bits per heavy atom. The Morgan fingerprint density at radius 3 is 2.00 bits per heavy atom. The summed E-state index contributed by atoms with van der Waals surface area (Å²) in [7, 11) is 1.25. The van der Waals surface area contributed by atoms with Gasteiger partial charge >= 0.3 is 11.7 Å². The number of nitrogens with zero attached hydrogens (tertiary/aromatic N) is 1. The molecule has 18 nitrogen and oxygen atoms in total. The molecule has 7 N–H and O–H groups in total. The zero-order valence-corrected chi connectivity index (χ0v) is 38.2. The molecule has 4 heterocycles. The van der Waals surface area contributed by atoms with Gasteiger partial charge in [0.15, 0.2) is 24.2 Å². The molecule has 64 heavy (non-hydrogen) atoms. The fourth-order valence-corrected chi connectivity index (χ4v) is 8.59. The summed E-state index contributed by atoms with van der Waals surface area (Å²) in [6, 6.07) is 0.0861. The van der Waals surface area contributed by atoms with Crippen LogP contribution in [0.1, 0.15) is 168 Å². The van der Waals surface area contributed by atoms with Crippen molar-refractivity contribution >= 4 is 23.7 Å². The lowest BCUT2D eigenvalue weighted by Crippen LogP contribution is -2.54. The molecule has 0 radical (unpaired) electrons. The Kier molecular flexibility index (Phi) is 23.0. The topological polar surface area (TPSA) is 260 Å². The number of primary amides is 1. The molecule has 1 aromatic rings. The molecular formula is C46H75N5O13. The second-order valence-electron chi connectivity index (χ2n) is 17.6. The molecule has 10 atom stereocenters. The van der Waals surface area contributed by atoms with E-state index in [1.807, 2.05) is 6.92 Å². The van der Waals surface area contributed by atoms with E-state index in [0.717, 1.165) is 55.0 Å². The highest BCUT2D eigenvalue weighted by Crippen LogP contribution is 2.36. The fraction of sp³-hybridized carbons (Fsp3) is 0.783. The van der Waals surface area contributed by atoms with Crippen LogP contribution in [-0.4, -0.2) is 106 Å². The van der Waals surface area contributed by atoms with E-state index in [9.17, 15) is 39.0 Å². The summed E-state index contributed by atoms with van der Waals surface area (Å²) in [5, 5.41) is 26.9. The number of amides is 3. The number of H-pyrrole nitrogens is 1. The van der Waals surface area contributed by atoms with Crippen molar-refractivity contribution in [3.8, 4) is 0 Å². The molecule has 0 saturated carbocycles. The number of aromatic amines is 1. The highest BCUT2D eigenvalue weighted by atomic mass is 16.7. The van der Waals surface area contributed by atoms with E-state index in [0.29, 0.717) is 19.3 Å². The van der Waals surface area contributed by atoms with Gasteiger partial charge in [0.1, 0.15) is 30.5 Å². The Morgan fingerprint density at radius 1 is 0.875 bits per heavy atom. The number of esters is 1. The van der Waals surface area contributed by atoms with Gasteiger partial charge in [-0.25, -0.2) is 4.79 Å². The number of nitrogens with two attached hydrogens (primary N) is 1. The summed E-state index contributed by atoms with van der Waals surface area (Å²) in [5.41, 5.74) is 4.19. The first-order valence-corrected chi connectivity index (χ1v) is 23.8. The Hall–Kier alpha value is -4.10. The minimum absolute atomic E-state index is 0.0537. The average Bonchev–Trinajstić information content (AvgIpc) is 3.51. The van der Waals surface area contributed by atoms with E-state index >= 15 is 0 Å². The van der Waals surface area contributed by atoms with Gasteiger partial charge in [-0.05, 0) is 38.7 Å². The van der Waals surface area contributed by atoms with Crippen molar-refractivity contribution in [3.63, 3.8) is 0 Å². The maximum atomic E-state index is 13.3. The molecule has 18 heteroatoms. The van der Waals surface area contributed by atoms with Crippen LogP contribution in [0.3, 0.4) is 0 Å². The normalized spacial score (nSPS) is 26.3. The maximum absolute atomic E-state index is 13.3. The molecule has 3 aliphatic heterocycles. The number of hydrogen-bond acceptors (Lipinski definition) is 13. The number of hydrogen-bond donors (Lipinski definition) is 6. The summed E-state index contributed by atoms with van der Waals surface area (Å²) in [6.07, 6.45) is 14.0. The van der Waals surface area contributed by atoms with Gasteiger partial charge in [0.2, 0.25) is 18.1 Å². The quantitative estimate of drug-likeness (QED) is 0.0488. The lowest BCUT2D eigenvalue weighted by Gasteiger charge is -2.35. The number of nitrogens with one attached hydrogen (secondary N) is 3. The number of carbonyl (C=O) groups excluding carboxylic acids is 4. The standard InChI is InChI=1S/C46H75N5O13/c1-4-5-6-7-8-9-10-11-12-13-14-15-16-17-18-19-20-21-22-26-35(54)62-40-37(60-3)38(63-44(40)51-28-27-34(53)50-46(51)59)39(41(47)56)64-45-36(55)32(52)29-33(61-45)43(58)49-31-25-23-24-30(2)48-42(31)57/h27-32,36-40,44-45,52,55H,4-26H2,1-3H3,(H2,47,56)(H,48,57)(H,49,58)(H,50,53,59)/t30-,31+,32+,36+,37-,38+,39-,40-,44-,45-/m1/s1. The number of aliphatic hydroxyl groups excluding tert-OH is 2. The van der Waals surface area contributed by atoms with Crippen LogP contribution in [0.15, 0.2) is 33.7 Å². The molecule has 3 aliphatic rings. The van der Waals surface area contributed by atoms with Gasteiger partial charge in [-0.15, -0.1) is 0 Å². The van der Waals surface area contributed by atoms with E-state index in [-0.39, 0.29) is 12.5 Å². The van der Waals surface area contributed by atoms with Crippen molar-refractivity contribution < 1.29 is 53.1 Å². The number of aliphatic hydroxyl groups is 2. The molecule has 0 bridgehead atoms. The van der Waals surface area contributed by atoms with E-state index in [2.05, 4.69) is 22.5 Å². The molecular weight excluding hydrogens is 831 g/mol. The second kappa shape index (κ2) is 28.1. The minimum atomic E-state index is -1.88. The summed E-state index contributed by atoms with van der Waals surface area (Å²) in [4.78, 5) is 79.3. The number of carbonyl (C=O) groups is 4.